The van der Waals surface area contributed by atoms with E-state index < -0.39 is 12.1 Å². The number of pyridine rings is 1. The van der Waals surface area contributed by atoms with Crippen LogP contribution in [0, 0.1) is 6.92 Å². The topological polar surface area (TPSA) is 72.6 Å². The Balaban J connectivity index is 2.26. The molecule has 5 heteroatoms. The Morgan fingerprint density at radius 3 is 2.89 bits per heavy atom. The number of furan rings is 1. The number of carbonyl (C=O) groups excluding carboxylic acids is 1. The minimum absolute atomic E-state index is 0.0670. The van der Waals surface area contributed by atoms with Crippen LogP contribution < -0.4 is 0 Å². The molecule has 1 unspecified atom stereocenters. The Hall–Kier alpha value is -2.14. The van der Waals surface area contributed by atoms with Crippen molar-refractivity contribution >= 4 is 5.97 Å². The van der Waals surface area contributed by atoms with Crippen molar-refractivity contribution in [3.63, 3.8) is 0 Å². The number of aryl methyl sites for hydroxylation is 1. The van der Waals surface area contributed by atoms with Crippen LogP contribution in [0.1, 0.15) is 33.7 Å². The summed E-state index contributed by atoms with van der Waals surface area (Å²) in [5.41, 5.74) is 1.46. The van der Waals surface area contributed by atoms with E-state index in [0.717, 1.165) is 5.69 Å². The van der Waals surface area contributed by atoms with Gasteiger partial charge in [0.25, 0.3) is 0 Å². The van der Waals surface area contributed by atoms with Crippen LogP contribution in [0.15, 0.2) is 34.9 Å². The third-order valence-corrected chi connectivity index (χ3v) is 2.52. The molecular formula is C13H13NO4. The van der Waals surface area contributed by atoms with Gasteiger partial charge < -0.3 is 14.3 Å². The van der Waals surface area contributed by atoms with Crippen molar-refractivity contribution in [3.8, 4) is 0 Å². The summed E-state index contributed by atoms with van der Waals surface area (Å²) in [7, 11) is 1.27. The number of nitrogens with zero attached hydrogens (tertiary/aromatic N) is 1. The molecule has 0 aliphatic carbocycles. The first-order chi connectivity index (χ1) is 8.61. The summed E-state index contributed by atoms with van der Waals surface area (Å²) >= 11 is 0. The summed E-state index contributed by atoms with van der Waals surface area (Å²) in [6.45, 7) is 1.83. The zero-order valence-electron chi connectivity index (χ0n) is 10.1. The first kappa shape index (κ1) is 12.3. The molecule has 94 valence electrons. The van der Waals surface area contributed by atoms with Gasteiger partial charge in [0.15, 0.2) is 0 Å². The third kappa shape index (κ3) is 2.41. The van der Waals surface area contributed by atoms with Gasteiger partial charge in [-0.2, -0.15) is 0 Å². The average molecular weight is 247 g/mol. The first-order valence-corrected chi connectivity index (χ1v) is 5.40. The van der Waals surface area contributed by atoms with Crippen LogP contribution in [-0.2, 0) is 4.74 Å². The van der Waals surface area contributed by atoms with Crippen LogP contribution in [0.5, 0.6) is 0 Å². The molecule has 0 aromatic carbocycles. The van der Waals surface area contributed by atoms with Gasteiger partial charge in [-0.1, -0.05) is 0 Å². The number of carbonyl (C=O) groups is 1. The van der Waals surface area contributed by atoms with Crippen molar-refractivity contribution in [2.45, 2.75) is 13.0 Å². The van der Waals surface area contributed by atoms with Crippen LogP contribution in [0.25, 0.3) is 0 Å². The molecule has 0 aliphatic heterocycles. The van der Waals surface area contributed by atoms with Crippen molar-refractivity contribution in [1.82, 2.24) is 4.98 Å². The molecule has 1 N–H and O–H groups in total. The molecule has 0 amide bonds. The molecule has 5 nitrogen and oxygen atoms in total. The smallest absolute Gasteiger partial charge is 0.373 e. The maximum absolute atomic E-state index is 11.2. The van der Waals surface area contributed by atoms with Crippen LogP contribution in [0.4, 0.5) is 0 Å². The molecule has 0 radical (unpaired) electrons. The summed E-state index contributed by atoms with van der Waals surface area (Å²) in [5, 5.41) is 10.1. The maximum atomic E-state index is 11.2. The second-order valence-corrected chi connectivity index (χ2v) is 3.83. The van der Waals surface area contributed by atoms with Crippen molar-refractivity contribution in [2.75, 3.05) is 7.11 Å². The van der Waals surface area contributed by atoms with Crippen LogP contribution in [0.3, 0.4) is 0 Å². The number of aliphatic hydroxyl groups excluding tert-OH is 1. The third-order valence-electron chi connectivity index (χ3n) is 2.52. The number of aromatic nitrogens is 1. The minimum atomic E-state index is -0.926. The van der Waals surface area contributed by atoms with Crippen molar-refractivity contribution in [2.24, 2.45) is 0 Å². The first-order valence-electron chi connectivity index (χ1n) is 5.40. The van der Waals surface area contributed by atoms with E-state index in [1.54, 1.807) is 24.4 Å². The lowest BCUT2D eigenvalue weighted by Crippen LogP contribution is -2.01. The molecular weight excluding hydrogens is 234 g/mol. The zero-order valence-corrected chi connectivity index (χ0v) is 10.1. The number of esters is 1. The van der Waals surface area contributed by atoms with E-state index in [2.05, 4.69) is 9.72 Å². The zero-order chi connectivity index (χ0) is 13.1. The summed E-state index contributed by atoms with van der Waals surface area (Å²) < 4.78 is 9.78. The Labute approximate surface area is 104 Å². The van der Waals surface area contributed by atoms with Crippen molar-refractivity contribution < 1.29 is 19.1 Å². The lowest BCUT2D eigenvalue weighted by molar-refractivity contribution is 0.0558. The van der Waals surface area contributed by atoms with Crippen molar-refractivity contribution in [3.05, 3.63) is 53.2 Å². The van der Waals surface area contributed by atoms with Gasteiger partial charge in [0, 0.05) is 11.9 Å². The van der Waals surface area contributed by atoms with E-state index in [1.807, 2.05) is 6.92 Å². The molecule has 2 aromatic heterocycles. The monoisotopic (exact) mass is 247 g/mol. The molecule has 1 atom stereocenters. The van der Waals surface area contributed by atoms with E-state index in [4.69, 9.17) is 4.42 Å². The lowest BCUT2D eigenvalue weighted by Gasteiger charge is -2.08. The maximum Gasteiger partial charge on any atom is 0.373 e. The number of hydrogen-bond acceptors (Lipinski definition) is 5. The molecule has 0 fully saturated rings. The lowest BCUT2D eigenvalue weighted by atomic mass is 10.1. The fourth-order valence-corrected chi connectivity index (χ4v) is 1.61. The highest BCUT2D eigenvalue weighted by molar-refractivity contribution is 5.86. The molecule has 0 bridgehead atoms. The standard InChI is InChI=1S/C13H13NO4/c1-8-7-9(5-6-14-8)12(15)10-3-4-11(18-10)13(16)17-2/h3-7,12,15H,1-2H3. The normalized spacial score (nSPS) is 12.2. The summed E-state index contributed by atoms with van der Waals surface area (Å²) in [6, 6.07) is 6.47. The summed E-state index contributed by atoms with van der Waals surface area (Å²) in [5.74, 6) is -0.210. The number of ether oxygens (including phenoxy) is 1. The van der Waals surface area contributed by atoms with Crippen LogP contribution >= 0.6 is 0 Å². The molecule has 0 spiro atoms. The fourth-order valence-electron chi connectivity index (χ4n) is 1.61. The van der Waals surface area contributed by atoms with Gasteiger partial charge in [-0.3, -0.25) is 4.98 Å². The molecule has 18 heavy (non-hydrogen) atoms. The Morgan fingerprint density at radius 1 is 1.44 bits per heavy atom. The summed E-state index contributed by atoms with van der Waals surface area (Å²) in [4.78, 5) is 15.3. The Morgan fingerprint density at radius 2 is 2.22 bits per heavy atom. The second-order valence-electron chi connectivity index (χ2n) is 3.83. The molecule has 2 aromatic rings. The molecule has 2 heterocycles. The predicted molar refractivity (Wildman–Crippen MR) is 63.1 cm³/mol. The van der Waals surface area contributed by atoms with Gasteiger partial charge in [0.05, 0.1) is 7.11 Å². The van der Waals surface area contributed by atoms with E-state index in [1.165, 1.54) is 13.2 Å². The van der Waals surface area contributed by atoms with Gasteiger partial charge in [-0.25, -0.2) is 4.79 Å². The number of methoxy groups -OCH3 is 1. The highest BCUT2D eigenvalue weighted by Gasteiger charge is 2.18. The van der Waals surface area contributed by atoms with Gasteiger partial charge >= 0.3 is 5.97 Å². The number of rotatable bonds is 3. The molecule has 0 saturated carbocycles. The molecule has 0 saturated heterocycles. The van der Waals surface area contributed by atoms with E-state index in [0.29, 0.717) is 11.3 Å². The van der Waals surface area contributed by atoms with Crippen LogP contribution in [0.2, 0.25) is 0 Å². The Kier molecular flexibility index (Phi) is 3.43. The molecule has 0 aliphatic rings. The van der Waals surface area contributed by atoms with E-state index >= 15 is 0 Å². The van der Waals surface area contributed by atoms with Gasteiger partial charge in [0.2, 0.25) is 5.76 Å². The minimum Gasteiger partial charge on any atom is -0.463 e. The average Bonchev–Trinajstić information content (AvgIpc) is 2.86. The van der Waals surface area contributed by atoms with E-state index in [9.17, 15) is 9.90 Å². The second kappa shape index (κ2) is 5.01. The number of hydrogen-bond donors (Lipinski definition) is 1. The fraction of sp³-hybridized carbons (Fsp3) is 0.231. The quantitative estimate of drug-likeness (QED) is 0.838. The number of aliphatic hydroxyl groups is 1. The molecule has 2 rings (SSSR count). The van der Waals surface area contributed by atoms with Crippen LogP contribution in [-0.4, -0.2) is 23.2 Å². The SMILES string of the molecule is COC(=O)c1ccc(C(O)c2ccnc(C)c2)o1. The van der Waals surface area contributed by atoms with E-state index in [-0.39, 0.29) is 5.76 Å². The highest BCUT2D eigenvalue weighted by Crippen LogP contribution is 2.24. The van der Waals surface area contributed by atoms with Gasteiger partial charge in [-0.15, -0.1) is 0 Å². The van der Waals surface area contributed by atoms with Crippen molar-refractivity contribution in [1.29, 1.82) is 0 Å². The van der Waals surface area contributed by atoms with Gasteiger partial charge in [-0.05, 0) is 36.8 Å². The largest absolute Gasteiger partial charge is 0.463 e. The Bertz CT molecular complexity index is 562. The predicted octanol–water partition coefficient (Wildman–Crippen LogP) is 1.85. The highest BCUT2D eigenvalue weighted by atomic mass is 16.5. The summed E-state index contributed by atoms with van der Waals surface area (Å²) in [6.07, 6.45) is 0.683. The van der Waals surface area contributed by atoms with Gasteiger partial charge in [0.1, 0.15) is 11.9 Å².